The Morgan fingerprint density at radius 2 is 2.31 bits per heavy atom. The van der Waals surface area contributed by atoms with Gasteiger partial charge in [0.2, 0.25) is 0 Å². The minimum Gasteiger partial charge on any atom is -0.506 e. The van der Waals surface area contributed by atoms with Crippen LogP contribution in [0.4, 0.5) is 0 Å². The summed E-state index contributed by atoms with van der Waals surface area (Å²) in [6.45, 7) is 0. The Hall–Kier alpha value is -0.930. The van der Waals surface area contributed by atoms with Crippen LogP contribution in [0.1, 0.15) is 0 Å². The minimum absolute atomic E-state index is 0.0596. The molecule has 0 radical (unpaired) electrons. The number of aromatic hydroxyl groups is 1. The fourth-order valence-corrected chi connectivity index (χ4v) is 2.38. The second-order valence-electron chi connectivity index (χ2n) is 2.58. The Morgan fingerprint density at radius 1 is 1.54 bits per heavy atom. The highest BCUT2D eigenvalue weighted by Gasteiger charge is 2.10. The molecule has 1 aromatic heterocycles. The minimum atomic E-state index is 0.0596. The van der Waals surface area contributed by atoms with Gasteiger partial charge in [0.05, 0.1) is 16.8 Å². The standard InChI is InChI=1S/C9H7ClO2S/c1-12-7-4-6(11)8(10)5-2-3-13-9(5)7/h2-4,11H,1H3. The van der Waals surface area contributed by atoms with Crippen molar-refractivity contribution in [3.8, 4) is 11.5 Å². The van der Waals surface area contributed by atoms with E-state index in [1.807, 2.05) is 11.4 Å². The highest BCUT2D eigenvalue weighted by molar-refractivity contribution is 7.17. The van der Waals surface area contributed by atoms with E-state index < -0.39 is 0 Å². The number of methoxy groups -OCH3 is 1. The summed E-state index contributed by atoms with van der Waals surface area (Å²) in [5.41, 5.74) is 0. The zero-order valence-corrected chi connectivity index (χ0v) is 8.45. The first-order valence-corrected chi connectivity index (χ1v) is 4.92. The number of benzene rings is 1. The molecule has 4 heteroatoms. The van der Waals surface area contributed by atoms with Crippen LogP contribution in [0.2, 0.25) is 5.02 Å². The van der Waals surface area contributed by atoms with Gasteiger partial charge in [-0.1, -0.05) is 11.6 Å². The molecule has 0 aliphatic heterocycles. The SMILES string of the molecule is COc1cc(O)c(Cl)c2ccsc12. The first-order chi connectivity index (χ1) is 6.24. The summed E-state index contributed by atoms with van der Waals surface area (Å²) in [5, 5.41) is 12.6. The lowest BCUT2D eigenvalue weighted by molar-refractivity contribution is 0.413. The van der Waals surface area contributed by atoms with Crippen molar-refractivity contribution in [2.75, 3.05) is 7.11 Å². The second-order valence-corrected chi connectivity index (χ2v) is 3.87. The van der Waals surface area contributed by atoms with Crippen LogP contribution in [-0.4, -0.2) is 12.2 Å². The molecule has 1 aromatic carbocycles. The van der Waals surface area contributed by atoms with Crippen LogP contribution in [0.3, 0.4) is 0 Å². The predicted molar refractivity (Wildman–Crippen MR) is 55.1 cm³/mol. The van der Waals surface area contributed by atoms with Crippen molar-refractivity contribution in [1.82, 2.24) is 0 Å². The van der Waals surface area contributed by atoms with E-state index in [4.69, 9.17) is 16.3 Å². The third-order valence-corrected chi connectivity index (χ3v) is 3.16. The number of hydrogen-bond donors (Lipinski definition) is 1. The maximum Gasteiger partial charge on any atom is 0.140 e. The van der Waals surface area contributed by atoms with Crippen molar-refractivity contribution in [3.05, 3.63) is 22.5 Å². The van der Waals surface area contributed by atoms with Gasteiger partial charge in [0.1, 0.15) is 11.5 Å². The number of ether oxygens (including phenoxy) is 1. The van der Waals surface area contributed by atoms with Gasteiger partial charge in [-0.05, 0) is 11.4 Å². The summed E-state index contributed by atoms with van der Waals surface area (Å²) in [6, 6.07) is 3.39. The molecule has 0 bridgehead atoms. The summed E-state index contributed by atoms with van der Waals surface area (Å²) in [7, 11) is 1.57. The number of hydrogen-bond acceptors (Lipinski definition) is 3. The normalized spacial score (nSPS) is 10.6. The third-order valence-electron chi connectivity index (χ3n) is 1.84. The zero-order chi connectivity index (χ0) is 9.42. The lowest BCUT2D eigenvalue weighted by Crippen LogP contribution is -1.82. The topological polar surface area (TPSA) is 29.5 Å². The molecule has 0 aliphatic rings. The fourth-order valence-electron chi connectivity index (χ4n) is 1.22. The van der Waals surface area contributed by atoms with Gasteiger partial charge in [-0.2, -0.15) is 0 Å². The number of rotatable bonds is 1. The second kappa shape index (κ2) is 3.09. The van der Waals surface area contributed by atoms with E-state index in [0.29, 0.717) is 10.8 Å². The Morgan fingerprint density at radius 3 is 3.00 bits per heavy atom. The van der Waals surface area contributed by atoms with Gasteiger partial charge in [-0.25, -0.2) is 0 Å². The van der Waals surface area contributed by atoms with E-state index in [9.17, 15) is 5.11 Å². The average molecular weight is 215 g/mol. The summed E-state index contributed by atoms with van der Waals surface area (Å²) in [5.74, 6) is 0.719. The highest BCUT2D eigenvalue weighted by Crippen LogP contribution is 2.40. The Balaban J connectivity index is 2.87. The highest BCUT2D eigenvalue weighted by atomic mass is 35.5. The molecule has 0 fully saturated rings. The number of fused-ring (bicyclic) bond motifs is 1. The van der Waals surface area contributed by atoms with Crippen molar-refractivity contribution >= 4 is 33.0 Å². The molecule has 0 aliphatic carbocycles. The molecule has 1 N–H and O–H groups in total. The van der Waals surface area contributed by atoms with E-state index in [-0.39, 0.29) is 5.75 Å². The van der Waals surface area contributed by atoms with E-state index in [1.165, 1.54) is 6.07 Å². The van der Waals surface area contributed by atoms with Gasteiger partial charge in [-0.15, -0.1) is 11.3 Å². The molecule has 1 heterocycles. The molecule has 0 unspecified atom stereocenters. The molecule has 0 amide bonds. The molecule has 13 heavy (non-hydrogen) atoms. The molecule has 0 atom stereocenters. The molecular formula is C9H7ClO2S. The summed E-state index contributed by atoms with van der Waals surface area (Å²) in [4.78, 5) is 0. The molecule has 0 saturated heterocycles. The molecule has 2 nitrogen and oxygen atoms in total. The van der Waals surface area contributed by atoms with Crippen LogP contribution < -0.4 is 4.74 Å². The van der Waals surface area contributed by atoms with Crippen LogP contribution in [0.25, 0.3) is 10.1 Å². The van der Waals surface area contributed by atoms with Crippen molar-refractivity contribution in [2.24, 2.45) is 0 Å². The first kappa shape index (κ1) is 8.66. The first-order valence-electron chi connectivity index (χ1n) is 3.66. The number of thiophene rings is 1. The number of phenols is 1. The van der Waals surface area contributed by atoms with Crippen LogP contribution in [-0.2, 0) is 0 Å². The van der Waals surface area contributed by atoms with E-state index in [0.717, 1.165) is 10.1 Å². The average Bonchev–Trinajstić information content (AvgIpc) is 2.60. The van der Waals surface area contributed by atoms with Crippen LogP contribution in [0.5, 0.6) is 11.5 Å². The van der Waals surface area contributed by atoms with Crippen molar-refractivity contribution in [3.63, 3.8) is 0 Å². The summed E-state index contributed by atoms with van der Waals surface area (Å²) < 4.78 is 6.08. The largest absolute Gasteiger partial charge is 0.506 e. The van der Waals surface area contributed by atoms with Crippen LogP contribution in [0.15, 0.2) is 17.5 Å². The number of halogens is 1. The van der Waals surface area contributed by atoms with Gasteiger partial charge in [0.25, 0.3) is 0 Å². The monoisotopic (exact) mass is 214 g/mol. The van der Waals surface area contributed by atoms with Gasteiger partial charge in [-0.3, -0.25) is 0 Å². The Bertz CT molecular complexity index is 450. The summed E-state index contributed by atoms with van der Waals surface area (Å²) >= 11 is 7.44. The van der Waals surface area contributed by atoms with Crippen molar-refractivity contribution in [2.45, 2.75) is 0 Å². The molecule has 0 saturated carbocycles. The quantitative estimate of drug-likeness (QED) is 0.790. The van der Waals surface area contributed by atoms with Crippen LogP contribution in [0, 0.1) is 0 Å². The van der Waals surface area contributed by atoms with Gasteiger partial charge in [0.15, 0.2) is 0 Å². The summed E-state index contributed by atoms with van der Waals surface area (Å²) in [6.07, 6.45) is 0. The zero-order valence-electron chi connectivity index (χ0n) is 6.87. The fraction of sp³-hybridized carbons (Fsp3) is 0.111. The molecule has 2 aromatic rings. The maximum atomic E-state index is 9.44. The lowest BCUT2D eigenvalue weighted by Gasteiger charge is -2.04. The maximum absolute atomic E-state index is 9.44. The van der Waals surface area contributed by atoms with E-state index in [2.05, 4.69) is 0 Å². The Kier molecular flexibility index (Phi) is 2.06. The van der Waals surface area contributed by atoms with Gasteiger partial charge >= 0.3 is 0 Å². The van der Waals surface area contributed by atoms with Gasteiger partial charge in [0, 0.05) is 11.5 Å². The molecule has 68 valence electrons. The van der Waals surface area contributed by atoms with Gasteiger partial charge < -0.3 is 9.84 Å². The van der Waals surface area contributed by atoms with E-state index in [1.54, 1.807) is 18.4 Å². The predicted octanol–water partition coefficient (Wildman–Crippen LogP) is 3.27. The molecule has 2 rings (SSSR count). The van der Waals surface area contributed by atoms with Crippen LogP contribution >= 0.6 is 22.9 Å². The lowest BCUT2D eigenvalue weighted by atomic mass is 10.2. The van der Waals surface area contributed by atoms with Crippen molar-refractivity contribution in [1.29, 1.82) is 0 Å². The third kappa shape index (κ3) is 1.24. The molecule has 0 spiro atoms. The number of phenolic OH excluding ortho intramolecular Hbond substituents is 1. The molecular weight excluding hydrogens is 208 g/mol. The smallest absolute Gasteiger partial charge is 0.140 e. The van der Waals surface area contributed by atoms with Crippen molar-refractivity contribution < 1.29 is 9.84 Å². The Labute approximate surface area is 84.3 Å². The van der Waals surface area contributed by atoms with E-state index >= 15 is 0 Å².